The Morgan fingerprint density at radius 3 is 2.45 bits per heavy atom. The molecule has 9 heteroatoms. The van der Waals surface area contributed by atoms with Crippen molar-refractivity contribution in [3.05, 3.63) is 58.1 Å². The second kappa shape index (κ2) is 9.89. The first-order valence-electron chi connectivity index (χ1n) is 9.01. The van der Waals surface area contributed by atoms with Crippen molar-refractivity contribution in [3.8, 4) is 0 Å². The molecule has 0 aliphatic heterocycles. The molecule has 2 rings (SSSR count). The van der Waals surface area contributed by atoms with E-state index in [1.807, 2.05) is 13.0 Å². The summed E-state index contributed by atoms with van der Waals surface area (Å²) in [7, 11) is -3.90. The number of esters is 1. The number of benzene rings is 2. The molecule has 0 unspecified atom stereocenters. The minimum atomic E-state index is -3.90. The Labute approximate surface area is 179 Å². The lowest BCUT2D eigenvalue weighted by atomic mass is 10.2. The Kier molecular flexibility index (Phi) is 7.80. The maximum Gasteiger partial charge on any atom is 0.338 e. The summed E-state index contributed by atoms with van der Waals surface area (Å²) in [6, 6.07) is 11.0. The van der Waals surface area contributed by atoms with Gasteiger partial charge < -0.3 is 9.64 Å². The molecule has 0 radical (unpaired) electrons. The van der Waals surface area contributed by atoms with Gasteiger partial charge in [0.25, 0.3) is 10.0 Å². The first-order chi connectivity index (χ1) is 13.7. The molecule has 2 aromatic carbocycles. The van der Waals surface area contributed by atoms with Crippen molar-refractivity contribution in [2.24, 2.45) is 0 Å². The minimum absolute atomic E-state index is 0.00475. The monoisotopic (exact) mass is 482 g/mol. The summed E-state index contributed by atoms with van der Waals surface area (Å²) in [6.45, 7) is 6.25. The zero-order valence-corrected chi connectivity index (χ0v) is 18.8. The number of amides is 1. The Bertz CT molecular complexity index is 1010. The van der Waals surface area contributed by atoms with Crippen LogP contribution in [-0.2, 0) is 26.1 Å². The van der Waals surface area contributed by atoms with Gasteiger partial charge in [-0.15, -0.1) is 0 Å². The highest BCUT2D eigenvalue weighted by atomic mass is 79.9. The normalized spacial score (nSPS) is 11.0. The molecule has 0 saturated carbocycles. The molecule has 29 heavy (non-hydrogen) atoms. The molecule has 156 valence electrons. The Morgan fingerprint density at radius 2 is 1.86 bits per heavy atom. The fourth-order valence-corrected chi connectivity index (χ4v) is 4.80. The summed E-state index contributed by atoms with van der Waals surface area (Å²) in [5, 5.41) is 0. The fraction of sp³-hybridized carbons (Fsp3) is 0.300. The third-order valence-corrected chi connectivity index (χ3v) is 6.47. The molecule has 1 amide bonds. The van der Waals surface area contributed by atoms with E-state index in [9.17, 15) is 18.0 Å². The second-order valence-corrected chi connectivity index (χ2v) is 8.71. The maximum atomic E-state index is 12.8. The van der Waals surface area contributed by atoms with Crippen molar-refractivity contribution < 1.29 is 22.7 Å². The summed E-state index contributed by atoms with van der Waals surface area (Å²) in [5.74, 6) is -0.576. The third-order valence-electron chi connectivity index (χ3n) is 4.11. The van der Waals surface area contributed by atoms with Crippen LogP contribution in [0, 0.1) is 0 Å². The van der Waals surface area contributed by atoms with Crippen molar-refractivity contribution in [1.29, 1.82) is 0 Å². The SMILES string of the molecule is CCOC(=O)c1ccc(S(=O)(=O)Nc2cccc(CN(CC)C(C)=O)c2)c(Br)c1. The molecule has 0 saturated heterocycles. The van der Waals surface area contributed by atoms with E-state index in [1.54, 1.807) is 30.0 Å². The van der Waals surface area contributed by atoms with E-state index >= 15 is 0 Å². The van der Waals surface area contributed by atoms with Crippen molar-refractivity contribution in [1.82, 2.24) is 4.90 Å². The molecule has 0 spiro atoms. The second-order valence-electron chi connectivity index (χ2n) is 6.20. The third kappa shape index (κ3) is 6.04. The topological polar surface area (TPSA) is 92.8 Å². The molecule has 0 atom stereocenters. The molecule has 0 aliphatic rings. The minimum Gasteiger partial charge on any atom is -0.462 e. The number of ether oxygens (including phenoxy) is 1. The first kappa shape index (κ1) is 22.9. The summed E-state index contributed by atoms with van der Waals surface area (Å²) in [6.07, 6.45) is 0. The Morgan fingerprint density at radius 1 is 1.14 bits per heavy atom. The highest BCUT2D eigenvalue weighted by Gasteiger charge is 2.20. The summed E-state index contributed by atoms with van der Waals surface area (Å²) >= 11 is 3.22. The number of rotatable bonds is 8. The van der Waals surface area contributed by atoms with E-state index in [1.165, 1.54) is 25.1 Å². The predicted molar refractivity (Wildman–Crippen MR) is 114 cm³/mol. The van der Waals surface area contributed by atoms with Crippen LogP contribution in [0.3, 0.4) is 0 Å². The van der Waals surface area contributed by atoms with E-state index < -0.39 is 16.0 Å². The molecule has 2 aromatic rings. The molecular weight excluding hydrogens is 460 g/mol. The van der Waals surface area contributed by atoms with Gasteiger partial charge in [-0.3, -0.25) is 9.52 Å². The molecule has 1 N–H and O–H groups in total. The zero-order chi connectivity index (χ0) is 21.6. The van der Waals surface area contributed by atoms with Crippen molar-refractivity contribution >= 4 is 43.5 Å². The Balaban J connectivity index is 2.24. The van der Waals surface area contributed by atoms with Crippen molar-refractivity contribution in [2.45, 2.75) is 32.2 Å². The average molecular weight is 483 g/mol. The van der Waals surface area contributed by atoms with Gasteiger partial charge in [-0.25, -0.2) is 13.2 Å². The van der Waals surface area contributed by atoms with E-state index in [0.717, 1.165) is 5.56 Å². The van der Waals surface area contributed by atoms with Crippen LogP contribution in [0.5, 0.6) is 0 Å². The number of hydrogen-bond acceptors (Lipinski definition) is 5. The van der Waals surface area contributed by atoms with Crippen LogP contribution in [0.25, 0.3) is 0 Å². The molecule has 0 heterocycles. The number of sulfonamides is 1. The van der Waals surface area contributed by atoms with E-state index in [4.69, 9.17) is 4.74 Å². The van der Waals surface area contributed by atoms with Gasteiger partial charge >= 0.3 is 5.97 Å². The number of nitrogens with zero attached hydrogens (tertiary/aromatic N) is 1. The van der Waals surface area contributed by atoms with Crippen LogP contribution >= 0.6 is 15.9 Å². The lowest BCUT2D eigenvalue weighted by molar-refractivity contribution is -0.129. The number of carbonyl (C=O) groups excluding carboxylic acids is 2. The Hall–Kier alpha value is -2.39. The van der Waals surface area contributed by atoms with Gasteiger partial charge in [0.15, 0.2) is 0 Å². The molecular formula is C20H23BrN2O5S. The maximum absolute atomic E-state index is 12.8. The highest BCUT2D eigenvalue weighted by molar-refractivity contribution is 9.10. The highest BCUT2D eigenvalue weighted by Crippen LogP contribution is 2.26. The smallest absolute Gasteiger partial charge is 0.338 e. The number of carbonyl (C=O) groups is 2. The summed E-state index contributed by atoms with van der Waals surface area (Å²) in [5.41, 5.74) is 1.44. The molecule has 0 aromatic heterocycles. The van der Waals surface area contributed by atoms with E-state index in [2.05, 4.69) is 20.7 Å². The van der Waals surface area contributed by atoms with Gasteiger partial charge in [-0.1, -0.05) is 12.1 Å². The van der Waals surface area contributed by atoms with E-state index in [-0.39, 0.29) is 27.4 Å². The number of halogens is 1. The number of hydrogen-bond donors (Lipinski definition) is 1. The van der Waals surface area contributed by atoms with Crippen LogP contribution in [-0.4, -0.2) is 38.3 Å². The average Bonchev–Trinajstić information content (AvgIpc) is 2.65. The molecule has 0 fully saturated rings. The molecule has 0 bridgehead atoms. The predicted octanol–water partition coefficient (Wildman–Crippen LogP) is 3.80. The molecule has 7 nitrogen and oxygen atoms in total. The van der Waals surface area contributed by atoms with Gasteiger partial charge in [0, 0.05) is 30.2 Å². The van der Waals surface area contributed by atoms with Crippen molar-refractivity contribution in [2.75, 3.05) is 17.9 Å². The van der Waals surface area contributed by atoms with Gasteiger partial charge in [0.1, 0.15) is 4.90 Å². The van der Waals surface area contributed by atoms with Gasteiger partial charge in [-0.2, -0.15) is 0 Å². The van der Waals surface area contributed by atoms with E-state index in [0.29, 0.717) is 18.8 Å². The van der Waals surface area contributed by atoms with Crippen LogP contribution in [0.15, 0.2) is 51.8 Å². The fourth-order valence-electron chi connectivity index (χ4n) is 2.67. The largest absolute Gasteiger partial charge is 0.462 e. The van der Waals surface area contributed by atoms with Crippen LogP contribution < -0.4 is 4.72 Å². The lowest BCUT2D eigenvalue weighted by Crippen LogP contribution is -2.27. The zero-order valence-electron chi connectivity index (χ0n) is 16.4. The quantitative estimate of drug-likeness (QED) is 0.577. The lowest BCUT2D eigenvalue weighted by Gasteiger charge is -2.19. The van der Waals surface area contributed by atoms with Gasteiger partial charge in [0.2, 0.25) is 5.91 Å². The van der Waals surface area contributed by atoms with Crippen molar-refractivity contribution in [3.63, 3.8) is 0 Å². The van der Waals surface area contributed by atoms with Gasteiger partial charge in [-0.05, 0) is 65.7 Å². The summed E-state index contributed by atoms with van der Waals surface area (Å²) < 4.78 is 33.3. The van der Waals surface area contributed by atoms with Crippen LogP contribution in [0.2, 0.25) is 0 Å². The molecule has 0 aliphatic carbocycles. The number of anilines is 1. The van der Waals surface area contributed by atoms with Crippen LogP contribution in [0.4, 0.5) is 5.69 Å². The summed E-state index contributed by atoms with van der Waals surface area (Å²) in [4.78, 5) is 25.1. The first-order valence-corrected chi connectivity index (χ1v) is 11.3. The standard InChI is InChI=1S/C20H23BrN2O5S/c1-4-23(14(3)24)13-15-7-6-8-17(11-15)22-29(26,27)19-10-9-16(12-18(19)21)20(25)28-5-2/h6-12,22H,4-5,13H2,1-3H3. The number of nitrogens with one attached hydrogen (secondary N) is 1. The van der Waals surface area contributed by atoms with Crippen LogP contribution in [0.1, 0.15) is 36.7 Å². The van der Waals surface area contributed by atoms with Gasteiger partial charge in [0.05, 0.1) is 12.2 Å².